The number of anilines is 2. The largest absolute Gasteiger partial charge is 0.497 e. The van der Waals surface area contributed by atoms with Crippen molar-refractivity contribution in [1.29, 1.82) is 0 Å². The van der Waals surface area contributed by atoms with Gasteiger partial charge in [-0.05, 0) is 29.8 Å². The Balaban J connectivity index is 1.55. The predicted molar refractivity (Wildman–Crippen MR) is 122 cm³/mol. The zero-order valence-corrected chi connectivity index (χ0v) is 18.3. The Hall–Kier alpha value is -3.44. The van der Waals surface area contributed by atoms with Crippen molar-refractivity contribution in [3.05, 3.63) is 53.1 Å². The molecule has 12 heteroatoms. The molecule has 3 rings (SSSR count). The summed E-state index contributed by atoms with van der Waals surface area (Å²) in [6, 6.07) is 12.3. The highest BCUT2D eigenvalue weighted by atomic mass is 35.5. The number of hydrazone groups is 1. The van der Waals surface area contributed by atoms with Gasteiger partial charge in [-0.3, -0.25) is 4.79 Å². The third-order valence-electron chi connectivity index (χ3n) is 3.91. The molecule has 0 aliphatic heterocycles. The van der Waals surface area contributed by atoms with Crippen LogP contribution in [0.5, 0.6) is 11.5 Å². The Morgan fingerprint density at radius 2 is 2.10 bits per heavy atom. The molecule has 4 N–H and O–H groups in total. The number of nitrogen functional groups attached to an aromatic ring is 1. The van der Waals surface area contributed by atoms with Crippen LogP contribution in [0.15, 0.2) is 52.7 Å². The van der Waals surface area contributed by atoms with E-state index >= 15 is 0 Å². The molecule has 162 valence electrons. The summed E-state index contributed by atoms with van der Waals surface area (Å²) in [6.07, 6.45) is 1.57. The average molecular weight is 462 g/mol. The van der Waals surface area contributed by atoms with Gasteiger partial charge in [0.05, 0.1) is 31.9 Å². The molecule has 0 aliphatic carbocycles. The first-order valence-electron chi connectivity index (χ1n) is 8.90. The van der Waals surface area contributed by atoms with Crippen LogP contribution in [0.4, 0.5) is 11.6 Å². The molecule has 0 aliphatic rings. The number of hydrogen-bond donors (Lipinski definition) is 3. The Morgan fingerprint density at radius 1 is 1.26 bits per heavy atom. The van der Waals surface area contributed by atoms with Gasteiger partial charge in [0.25, 0.3) is 5.95 Å². The number of rotatable bonds is 9. The van der Waals surface area contributed by atoms with Crippen molar-refractivity contribution in [1.82, 2.24) is 14.9 Å². The number of halogens is 1. The summed E-state index contributed by atoms with van der Waals surface area (Å²) in [5, 5.41) is 15.7. The second-order valence-electron chi connectivity index (χ2n) is 6.00. The van der Waals surface area contributed by atoms with Crippen LogP contribution in [0.2, 0.25) is 5.02 Å². The highest BCUT2D eigenvalue weighted by Gasteiger charge is 2.14. The number of carbonyl (C=O) groups is 1. The van der Waals surface area contributed by atoms with Crippen LogP contribution < -0.4 is 26.1 Å². The first-order chi connectivity index (χ1) is 15.0. The molecule has 0 saturated heterocycles. The van der Waals surface area contributed by atoms with E-state index in [1.54, 1.807) is 43.7 Å². The highest BCUT2D eigenvalue weighted by molar-refractivity contribution is 7.99. The van der Waals surface area contributed by atoms with Crippen LogP contribution in [0.1, 0.15) is 5.56 Å². The van der Waals surface area contributed by atoms with Gasteiger partial charge in [0, 0.05) is 11.1 Å². The fraction of sp³-hybridized carbons (Fsp3) is 0.158. The smallest absolute Gasteiger partial charge is 0.264 e. The lowest BCUT2D eigenvalue weighted by molar-refractivity contribution is -0.113. The molecular formula is C19H20ClN7O3S. The minimum absolute atomic E-state index is 0.0658. The lowest BCUT2D eigenvalue weighted by Gasteiger charge is -2.11. The number of ether oxygens (including phenoxy) is 2. The number of hydrogen-bond acceptors (Lipinski definition) is 9. The molecule has 2 aromatic carbocycles. The van der Waals surface area contributed by atoms with Gasteiger partial charge in [0.2, 0.25) is 11.1 Å². The number of thioether (sulfide) groups is 1. The van der Waals surface area contributed by atoms with Crippen molar-refractivity contribution < 1.29 is 14.3 Å². The number of amides is 1. The number of nitrogens with one attached hydrogen (secondary N) is 2. The van der Waals surface area contributed by atoms with Crippen LogP contribution in [0.25, 0.3) is 0 Å². The number of benzene rings is 2. The van der Waals surface area contributed by atoms with Crippen molar-refractivity contribution in [2.75, 3.05) is 36.6 Å². The van der Waals surface area contributed by atoms with Gasteiger partial charge < -0.3 is 20.6 Å². The van der Waals surface area contributed by atoms with Gasteiger partial charge in [-0.1, -0.05) is 35.5 Å². The van der Waals surface area contributed by atoms with E-state index in [4.69, 9.17) is 26.9 Å². The molecule has 0 radical (unpaired) electrons. The zero-order chi connectivity index (χ0) is 22.2. The summed E-state index contributed by atoms with van der Waals surface area (Å²) in [5.74, 6) is 7.11. The second kappa shape index (κ2) is 10.5. The Labute approximate surface area is 187 Å². The minimum Gasteiger partial charge on any atom is -0.497 e. The summed E-state index contributed by atoms with van der Waals surface area (Å²) < 4.78 is 11.6. The van der Waals surface area contributed by atoms with E-state index in [1.165, 1.54) is 11.8 Å². The maximum atomic E-state index is 12.3. The van der Waals surface area contributed by atoms with Gasteiger partial charge in [-0.15, -0.1) is 10.2 Å². The molecule has 1 aromatic heterocycles. The van der Waals surface area contributed by atoms with Crippen LogP contribution >= 0.6 is 23.4 Å². The van der Waals surface area contributed by atoms with E-state index in [0.717, 1.165) is 17.3 Å². The Kier molecular flexibility index (Phi) is 7.57. The molecule has 10 nitrogen and oxygen atoms in total. The maximum absolute atomic E-state index is 12.3. The standard InChI is InChI=1S/C19H20ClN7O3S/c1-29-14-6-7-15(16(9-14)30-2)23-17(28)11-31-19-26-25-18(27(19)21)24-22-10-12-4-3-5-13(20)8-12/h3-10H,11,21H2,1-2H3,(H,23,28)(H,24,25)/b22-10+. The van der Waals surface area contributed by atoms with Crippen molar-refractivity contribution >= 4 is 47.1 Å². The average Bonchev–Trinajstić information content (AvgIpc) is 3.12. The first-order valence-corrected chi connectivity index (χ1v) is 10.3. The van der Waals surface area contributed by atoms with Crippen molar-refractivity contribution in [2.24, 2.45) is 5.10 Å². The molecule has 0 bridgehead atoms. The Morgan fingerprint density at radius 3 is 2.84 bits per heavy atom. The summed E-state index contributed by atoms with van der Waals surface area (Å²) in [6.45, 7) is 0. The van der Waals surface area contributed by atoms with Crippen molar-refractivity contribution in [3.63, 3.8) is 0 Å². The Bertz CT molecular complexity index is 1090. The monoisotopic (exact) mass is 461 g/mol. The second-order valence-corrected chi connectivity index (χ2v) is 7.38. The number of carbonyl (C=O) groups excluding carboxylic acids is 1. The van der Waals surface area contributed by atoms with Crippen LogP contribution in [-0.4, -0.2) is 47.0 Å². The molecular weight excluding hydrogens is 442 g/mol. The molecule has 31 heavy (non-hydrogen) atoms. The van der Waals surface area contributed by atoms with E-state index in [2.05, 4.69) is 26.0 Å². The quantitative estimate of drug-likeness (QED) is 0.192. The lowest BCUT2D eigenvalue weighted by atomic mass is 10.2. The van der Waals surface area contributed by atoms with E-state index in [-0.39, 0.29) is 17.6 Å². The summed E-state index contributed by atoms with van der Waals surface area (Å²) in [7, 11) is 3.07. The highest BCUT2D eigenvalue weighted by Crippen LogP contribution is 2.29. The first kappa shape index (κ1) is 22.2. The van der Waals surface area contributed by atoms with Crippen molar-refractivity contribution in [2.45, 2.75) is 5.16 Å². The van der Waals surface area contributed by atoms with Crippen LogP contribution in [-0.2, 0) is 4.79 Å². The molecule has 0 unspecified atom stereocenters. The zero-order valence-electron chi connectivity index (χ0n) is 16.7. The summed E-state index contributed by atoms with van der Waals surface area (Å²) in [5.41, 5.74) is 4.04. The van der Waals surface area contributed by atoms with Gasteiger partial charge in [-0.2, -0.15) is 5.10 Å². The molecule has 1 heterocycles. The minimum atomic E-state index is -0.259. The fourth-order valence-corrected chi connectivity index (χ4v) is 3.28. The van der Waals surface area contributed by atoms with Gasteiger partial charge in [0.15, 0.2) is 0 Å². The number of aromatic nitrogens is 3. The number of nitrogens with zero attached hydrogens (tertiary/aromatic N) is 4. The third-order valence-corrected chi connectivity index (χ3v) is 5.08. The summed E-state index contributed by atoms with van der Waals surface area (Å²) >= 11 is 7.06. The van der Waals surface area contributed by atoms with Crippen LogP contribution in [0.3, 0.4) is 0 Å². The molecule has 0 fully saturated rings. The van der Waals surface area contributed by atoms with Crippen LogP contribution in [0, 0.1) is 0 Å². The third kappa shape index (κ3) is 6.03. The summed E-state index contributed by atoms with van der Waals surface area (Å²) in [4.78, 5) is 12.3. The molecule has 0 atom stereocenters. The maximum Gasteiger partial charge on any atom is 0.264 e. The molecule has 0 spiro atoms. The normalized spacial score (nSPS) is 10.8. The fourth-order valence-electron chi connectivity index (χ4n) is 2.42. The van der Waals surface area contributed by atoms with Gasteiger partial charge >= 0.3 is 0 Å². The molecule has 0 saturated carbocycles. The van der Waals surface area contributed by atoms with E-state index in [9.17, 15) is 4.79 Å². The SMILES string of the molecule is COc1ccc(NC(=O)CSc2nnc(N/N=C/c3cccc(Cl)c3)n2N)c(OC)c1. The number of methoxy groups -OCH3 is 2. The lowest BCUT2D eigenvalue weighted by Crippen LogP contribution is -2.17. The van der Waals surface area contributed by atoms with E-state index in [1.807, 2.05) is 12.1 Å². The van der Waals surface area contributed by atoms with Crippen molar-refractivity contribution in [3.8, 4) is 11.5 Å². The van der Waals surface area contributed by atoms with E-state index < -0.39 is 0 Å². The number of nitrogens with two attached hydrogens (primary N) is 1. The van der Waals surface area contributed by atoms with E-state index in [0.29, 0.717) is 27.4 Å². The van der Waals surface area contributed by atoms with Gasteiger partial charge in [0.1, 0.15) is 11.5 Å². The topological polar surface area (TPSA) is 129 Å². The molecule has 1 amide bonds. The molecule has 3 aromatic rings. The van der Waals surface area contributed by atoms with Gasteiger partial charge in [-0.25, -0.2) is 10.1 Å². The predicted octanol–water partition coefficient (Wildman–Crippen LogP) is 2.84.